The molecule has 2 unspecified atom stereocenters. The van der Waals surface area contributed by atoms with Gasteiger partial charge in [-0.15, -0.1) is 0 Å². The first kappa shape index (κ1) is 12.3. The van der Waals surface area contributed by atoms with Gasteiger partial charge >= 0.3 is 0 Å². The zero-order valence-electron chi connectivity index (χ0n) is 10.5. The van der Waals surface area contributed by atoms with Crippen LogP contribution in [0.5, 0.6) is 0 Å². The molecule has 0 aromatic carbocycles. The Bertz CT molecular complexity index is 161. The summed E-state index contributed by atoms with van der Waals surface area (Å²) in [5.41, 5.74) is 0. The van der Waals surface area contributed by atoms with Crippen LogP contribution in [0.2, 0.25) is 0 Å². The van der Waals surface area contributed by atoms with E-state index in [1.54, 1.807) is 0 Å². The monoisotopic (exact) mass is 227 g/mol. The Kier molecular flexibility index (Phi) is 5.07. The van der Waals surface area contributed by atoms with Crippen LogP contribution in [0.25, 0.3) is 0 Å². The molecule has 3 heteroatoms. The van der Waals surface area contributed by atoms with Crippen molar-refractivity contribution in [2.75, 3.05) is 33.4 Å². The topological polar surface area (TPSA) is 28.3 Å². The lowest BCUT2D eigenvalue weighted by atomic mass is 10.0. The van der Waals surface area contributed by atoms with Gasteiger partial charge in [0.1, 0.15) is 0 Å². The van der Waals surface area contributed by atoms with Crippen LogP contribution >= 0.6 is 0 Å². The van der Waals surface area contributed by atoms with Gasteiger partial charge in [-0.2, -0.15) is 0 Å². The molecular weight excluding hydrogens is 202 g/mol. The molecule has 0 aromatic heterocycles. The molecule has 0 aromatic rings. The fraction of sp³-hybridized carbons (Fsp3) is 1.00. The molecule has 0 radical (unpaired) electrons. The molecular formula is C13H25NO2. The molecule has 3 rings (SSSR count). The minimum atomic E-state index is 0.517. The molecule has 1 saturated carbocycles. The largest absolute Gasteiger partial charge is 0.372 e. The quantitative estimate of drug-likeness (QED) is 0.688. The number of rotatable bonds is 4. The Morgan fingerprint density at radius 2 is 1.12 bits per heavy atom. The van der Waals surface area contributed by atoms with Crippen LogP contribution in [0, 0.1) is 0 Å². The van der Waals surface area contributed by atoms with Gasteiger partial charge in [0.25, 0.3) is 0 Å². The summed E-state index contributed by atoms with van der Waals surface area (Å²) >= 11 is 0. The lowest BCUT2D eigenvalue weighted by Crippen LogP contribution is -2.27. The molecule has 2 saturated heterocycles. The zero-order valence-corrected chi connectivity index (χ0v) is 10.5. The molecule has 16 heavy (non-hydrogen) atoms. The van der Waals surface area contributed by atoms with Gasteiger partial charge < -0.3 is 14.4 Å². The highest BCUT2D eigenvalue weighted by atomic mass is 16.6. The Hall–Kier alpha value is -0.120. The predicted octanol–water partition coefficient (Wildman–Crippen LogP) is 2.06. The molecule has 3 nitrogen and oxygen atoms in total. The van der Waals surface area contributed by atoms with Crippen molar-refractivity contribution in [2.24, 2.45) is 0 Å². The van der Waals surface area contributed by atoms with Crippen molar-refractivity contribution in [1.82, 2.24) is 4.90 Å². The van der Waals surface area contributed by atoms with Crippen molar-refractivity contribution in [1.29, 1.82) is 0 Å². The second-order valence-electron chi connectivity index (χ2n) is 5.25. The third kappa shape index (κ3) is 5.83. The SMILES string of the molecule is C1CCCCC1.CN(CC1CO1)CC1CO1. The van der Waals surface area contributed by atoms with E-state index in [2.05, 4.69) is 11.9 Å². The molecule has 0 N–H and O–H groups in total. The minimum Gasteiger partial charge on any atom is -0.372 e. The third-order valence-electron chi connectivity index (χ3n) is 3.34. The third-order valence-corrected chi connectivity index (χ3v) is 3.34. The summed E-state index contributed by atoms with van der Waals surface area (Å²) in [6.45, 7) is 4.05. The standard InChI is InChI=1S/C7H13NO2.C6H12/c1-8(2-6-4-9-6)3-7-5-10-7;1-2-4-6-5-3-1/h6-7H,2-5H2,1H3;1-6H2. The molecule has 1 aliphatic carbocycles. The van der Waals surface area contributed by atoms with Crippen LogP contribution in [0.15, 0.2) is 0 Å². The van der Waals surface area contributed by atoms with Gasteiger partial charge in [0.05, 0.1) is 25.4 Å². The van der Waals surface area contributed by atoms with Crippen LogP contribution in [-0.2, 0) is 9.47 Å². The van der Waals surface area contributed by atoms with Crippen molar-refractivity contribution in [3.8, 4) is 0 Å². The maximum atomic E-state index is 5.10. The number of likely N-dealkylation sites (N-methyl/N-ethyl adjacent to an activating group) is 1. The van der Waals surface area contributed by atoms with Gasteiger partial charge in [0.2, 0.25) is 0 Å². The van der Waals surface area contributed by atoms with Crippen LogP contribution in [-0.4, -0.2) is 50.5 Å². The average molecular weight is 227 g/mol. The fourth-order valence-corrected chi connectivity index (χ4v) is 2.18. The van der Waals surface area contributed by atoms with E-state index >= 15 is 0 Å². The lowest BCUT2D eigenvalue weighted by Gasteiger charge is -2.12. The van der Waals surface area contributed by atoms with E-state index in [9.17, 15) is 0 Å². The van der Waals surface area contributed by atoms with Crippen molar-refractivity contribution >= 4 is 0 Å². The van der Waals surface area contributed by atoms with Crippen LogP contribution < -0.4 is 0 Å². The first-order valence-corrected chi connectivity index (χ1v) is 6.76. The lowest BCUT2D eigenvalue weighted by molar-refractivity contribution is 0.256. The first-order chi connectivity index (χ1) is 7.84. The Balaban J connectivity index is 0.000000138. The average Bonchev–Trinajstić information content (AvgIpc) is 3.18. The van der Waals surface area contributed by atoms with Crippen LogP contribution in [0.4, 0.5) is 0 Å². The van der Waals surface area contributed by atoms with E-state index in [1.807, 2.05) is 0 Å². The first-order valence-electron chi connectivity index (χ1n) is 6.76. The number of ether oxygens (including phenoxy) is 2. The van der Waals surface area contributed by atoms with E-state index in [4.69, 9.17) is 9.47 Å². The van der Waals surface area contributed by atoms with Gasteiger partial charge in [0, 0.05) is 13.1 Å². The second kappa shape index (κ2) is 6.58. The highest BCUT2D eigenvalue weighted by Crippen LogP contribution is 2.15. The fourth-order valence-electron chi connectivity index (χ4n) is 2.18. The number of nitrogens with zero attached hydrogens (tertiary/aromatic N) is 1. The molecule has 2 atom stereocenters. The molecule has 0 amide bonds. The zero-order chi connectivity index (χ0) is 11.2. The Morgan fingerprint density at radius 1 is 0.812 bits per heavy atom. The van der Waals surface area contributed by atoms with Crippen molar-refractivity contribution in [2.45, 2.75) is 50.7 Å². The Morgan fingerprint density at radius 3 is 1.38 bits per heavy atom. The molecule has 0 bridgehead atoms. The summed E-state index contributed by atoms with van der Waals surface area (Å²) in [7, 11) is 2.11. The number of epoxide rings is 2. The van der Waals surface area contributed by atoms with Crippen molar-refractivity contribution < 1.29 is 9.47 Å². The molecule has 2 aliphatic heterocycles. The summed E-state index contributed by atoms with van der Waals surface area (Å²) in [5.74, 6) is 0. The second-order valence-corrected chi connectivity index (χ2v) is 5.25. The molecule has 3 aliphatic rings. The molecule has 2 heterocycles. The minimum absolute atomic E-state index is 0.517. The normalized spacial score (nSPS) is 31.9. The van der Waals surface area contributed by atoms with Gasteiger partial charge in [-0.05, 0) is 7.05 Å². The van der Waals surface area contributed by atoms with E-state index in [0.717, 1.165) is 26.3 Å². The smallest absolute Gasteiger partial charge is 0.0936 e. The van der Waals surface area contributed by atoms with Crippen LogP contribution in [0.3, 0.4) is 0 Å². The van der Waals surface area contributed by atoms with Crippen molar-refractivity contribution in [3.63, 3.8) is 0 Å². The summed E-state index contributed by atoms with van der Waals surface area (Å²) in [5, 5.41) is 0. The molecule has 3 fully saturated rings. The number of hydrogen-bond acceptors (Lipinski definition) is 3. The van der Waals surface area contributed by atoms with Gasteiger partial charge in [-0.25, -0.2) is 0 Å². The van der Waals surface area contributed by atoms with Gasteiger partial charge in [-0.1, -0.05) is 38.5 Å². The predicted molar refractivity (Wildman–Crippen MR) is 64.7 cm³/mol. The van der Waals surface area contributed by atoms with Crippen molar-refractivity contribution in [3.05, 3.63) is 0 Å². The maximum absolute atomic E-state index is 5.10. The maximum Gasteiger partial charge on any atom is 0.0936 e. The van der Waals surface area contributed by atoms with E-state index in [0.29, 0.717) is 12.2 Å². The summed E-state index contributed by atoms with van der Waals surface area (Å²) in [6.07, 6.45) is 10.0. The highest BCUT2D eigenvalue weighted by molar-refractivity contribution is 4.77. The van der Waals surface area contributed by atoms with Gasteiger partial charge in [-0.3, -0.25) is 0 Å². The van der Waals surface area contributed by atoms with Crippen LogP contribution in [0.1, 0.15) is 38.5 Å². The van der Waals surface area contributed by atoms with E-state index in [-0.39, 0.29) is 0 Å². The van der Waals surface area contributed by atoms with E-state index < -0.39 is 0 Å². The summed E-state index contributed by atoms with van der Waals surface area (Å²) in [4.78, 5) is 2.27. The molecule has 94 valence electrons. The highest BCUT2D eigenvalue weighted by Gasteiger charge is 2.28. The summed E-state index contributed by atoms with van der Waals surface area (Å²) in [6, 6.07) is 0. The molecule has 0 spiro atoms. The van der Waals surface area contributed by atoms with E-state index in [1.165, 1.54) is 38.5 Å². The number of hydrogen-bond donors (Lipinski definition) is 0. The van der Waals surface area contributed by atoms with Gasteiger partial charge in [0.15, 0.2) is 0 Å². The summed E-state index contributed by atoms with van der Waals surface area (Å²) < 4.78 is 10.2. The Labute approximate surface area is 99.1 Å².